The third kappa shape index (κ3) is 7.41. The number of phenolic OH excluding ortho intramolecular Hbond substituents is 1. The quantitative estimate of drug-likeness (QED) is 0.101. The lowest BCUT2D eigenvalue weighted by Gasteiger charge is -2.43. The van der Waals surface area contributed by atoms with E-state index in [9.17, 15) is 45.3 Å². The zero-order valence-electron chi connectivity index (χ0n) is 24.7. The van der Waals surface area contributed by atoms with E-state index in [1.165, 1.54) is 44.6 Å². The molecule has 2 aliphatic heterocycles. The second kappa shape index (κ2) is 15.2. The van der Waals surface area contributed by atoms with Crippen molar-refractivity contribution in [1.82, 2.24) is 0 Å². The van der Waals surface area contributed by atoms with Gasteiger partial charge in [-0.1, -0.05) is 18.2 Å². The van der Waals surface area contributed by atoms with Crippen molar-refractivity contribution in [2.24, 2.45) is 0 Å². The van der Waals surface area contributed by atoms with Gasteiger partial charge in [0.1, 0.15) is 49.8 Å². The van der Waals surface area contributed by atoms with Crippen LogP contribution in [0.1, 0.15) is 15.9 Å². The Bertz CT molecular complexity index is 1340. The fourth-order valence-corrected chi connectivity index (χ4v) is 4.91. The highest BCUT2D eigenvalue weighted by Crippen LogP contribution is 2.39. The molecular formula is C30H36O16. The zero-order chi connectivity index (χ0) is 33.6. The molecule has 0 amide bonds. The number of rotatable bonds is 12. The molecule has 9 atom stereocenters. The van der Waals surface area contributed by atoms with Gasteiger partial charge in [-0.25, -0.2) is 9.59 Å². The normalized spacial score (nSPS) is 31.0. The first-order valence-electron chi connectivity index (χ1n) is 14.0. The van der Waals surface area contributed by atoms with Gasteiger partial charge in [-0.3, -0.25) is 0 Å². The summed E-state index contributed by atoms with van der Waals surface area (Å²) in [6.07, 6.45) is -11.8. The van der Waals surface area contributed by atoms with Crippen LogP contribution < -0.4 is 9.47 Å². The Morgan fingerprint density at radius 3 is 2.15 bits per heavy atom. The van der Waals surface area contributed by atoms with Gasteiger partial charge in [0.2, 0.25) is 11.5 Å². The predicted octanol–water partition coefficient (Wildman–Crippen LogP) is -1.54. The molecule has 16 heteroatoms. The maximum atomic E-state index is 12.9. The van der Waals surface area contributed by atoms with E-state index >= 15 is 0 Å². The maximum Gasteiger partial charge on any atom is 0.338 e. The number of carbonyl (C=O) groups is 2. The summed E-state index contributed by atoms with van der Waals surface area (Å²) in [5, 5.41) is 72.7. The SMILES string of the molecule is COc1cc(C=CC(=O)O[C@H]2[C@H](O)[C@@H](CO)O[C@@]2(CO)O[C@H]2O[C@H](COC(=O)c3ccccc3)[C@@H](O)[C@H](O)[C@H]2O)cc(OC)c1O. The monoisotopic (exact) mass is 652 g/mol. The molecule has 0 radical (unpaired) electrons. The first-order chi connectivity index (χ1) is 22.0. The zero-order valence-corrected chi connectivity index (χ0v) is 24.7. The summed E-state index contributed by atoms with van der Waals surface area (Å²) in [5.74, 6) is -4.46. The van der Waals surface area contributed by atoms with Crippen LogP contribution in [0, 0.1) is 0 Å². The minimum atomic E-state index is -2.46. The van der Waals surface area contributed by atoms with E-state index in [1.807, 2.05) is 0 Å². The Morgan fingerprint density at radius 2 is 1.57 bits per heavy atom. The molecule has 0 saturated carbocycles. The average molecular weight is 653 g/mol. The number of hydrogen-bond donors (Lipinski definition) is 7. The molecule has 4 rings (SSSR count). The highest BCUT2D eigenvalue weighted by Gasteiger charge is 2.60. The number of esters is 2. The minimum Gasteiger partial charge on any atom is -0.502 e. The number of aliphatic hydroxyl groups is 6. The van der Waals surface area contributed by atoms with Crippen LogP contribution in [0.2, 0.25) is 0 Å². The van der Waals surface area contributed by atoms with Crippen LogP contribution in [0.3, 0.4) is 0 Å². The van der Waals surface area contributed by atoms with Gasteiger partial charge in [-0.05, 0) is 35.9 Å². The van der Waals surface area contributed by atoms with E-state index in [0.717, 1.165) is 6.08 Å². The van der Waals surface area contributed by atoms with Crippen LogP contribution in [-0.4, -0.2) is 137 Å². The smallest absolute Gasteiger partial charge is 0.338 e. The highest BCUT2D eigenvalue weighted by molar-refractivity contribution is 5.89. The molecule has 0 bridgehead atoms. The lowest BCUT2D eigenvalue weighted by molar-refractivity contribution is -0.383. The average Bonchev–Trinajstić information content (AvgIpc) is 3.33. The van der Waals surface area contributed by atoms with Crippen molar-refractivity contribution in [3.05, 3.63) is 59.7 Å². The van der Waals surface area contributed by atoms with Gasteiger partial charge in [-0.15, -0.1) is 0 Å². The molecule has 0 unspecified atom stereocenters. The van der Waals surface area contributed by atoms with E-state index in [0.29, 0.717) is 5.56 Å². The van der Waals surface area contributed by atoms with E-state index in [2.05, 4.69) is 0 Å². The largest absolute Gasteiger partial charge is 0.502 e. The van der Waals surface area contributed by atoms with E-state index < -0.39 is 86.6 Å². The molecule has 7 N–H and O–H groups in total. The third-order valence-corrected chi connectivity index (χ3v) is 7.41. The van der Waals surface area contributed by atoms with Crippen molar-refractivity contribution >= 4 is 18.0 Å². The molecule has 2 aromatic rings. The first kappa shape index (κ1) is 35.0. The van der Waals surface area contributed by atoms with Crippen molar-refractivity contribution in [2.75, 3.05) is 34.0 Å². The highest BCUT2D eigenvalue weighted by atomic mass is 16.8. The molecule has 252 valence electrons. The summed E-state index contributed by atoms with van der Waals surface area (Å²) in [6, 6.07) is 10.7. The first-order valence-corrected chi connectivity index (χ1v) is 14.0. The van der Waals surface area contributed by atoms with Crippen molar-refractivity contribution in [1.29, 1.82) is 0 Å². The lowest BCUT2D eigenvalue weighted by Crippen LogP contribution is -2.63. The Balaban J connectivity index is 1.51. The van der Waals surface area contributed by atoms with Gasteiger partial charge in [-0.2, -0.15) is 0 Å². The number of ether oxygens (including phenoxy) is 7. The molecule has 0 spiro atoms. The van der Waals surface area contributed by atoms with Crippen molar-refractivity contribution < 1.29 is 78.5 Å². The number of aliphatic hydroxyl groups excluding tert-OH is 6. The number of benzene rings is 2. The minimum absolute atomic E-state index is 0.0527. The Labute approximate surface area is 262 Å². The van der Waals surface area contributed by atoms with Crippen molar-refractivity contribution in [3.8, 4) is 17.2 Å². The fourth-order valence-electron chi connectivity index (χ4n) is 4.91. The van der Waals surface area contributed by atoms with Crippen molar-refractivity contribution in [2.45, 2.75) is 54.8 Å². The molecule has 2 heterocycles. The summed E-state index contributed by atoms with van der Waals surface area (Å²) in [5.41, 5.74) is 0.543. The number of aromatic hydroxyl groups is 1. The topological polar surface area (TPSA) is 240 Å². The third-order valence-electron chi connectivity index (χ3n) is 7.41. The number of phenols is 1. The van der Waals surface area contributed by atoms with Crippen LogP contribution in [0.4, 0.5) is 0 Å². The summed E-state index contributed by atoms with van der Waals surface area (Å²) >= 11 is 0. The molecule has 46 heavy (non-hydrogen) atoms. The lowest BCUT2D eigenvalue weighted by atomic mass is 9.98. The summed E-state index contributed by atoms with van der Waals surface area (Å²) in [4.78, 5) is 25.3. The van der Waals surface area contributed by atoms with Crippen LogP contribution >= 0.6 is 0 Å². The second-order valence-electron chi connectivity index (χ2n) is 10.4. The van der Waals surface area contributed by atoms with Gasteiger partial charge < -0.3 is 68.9 Å². The Hall–Kier alpha value is -3.84. The number of carbonyl (C=O) groups excluding carboxylic acids is 2. The maximum absolute atomic E-state index is 12.9. The van der Waals surface area contributed by atoms with E-state index in [-0.39, 0.29) is 22.8 Å². The molecule has 2 saturated heterocycles. The van der Waals surface area contributed by atoms with Gasteiger partial charge >= 0.3 is 11.9 Å². The number of methoxy groups -OCH3 is 2. The van der Waals surface area contributed by atoms with Crippen molar-refractivity contribution in [3.63, 3.8) is 0 Å². The molecule has 16 nitrogen and oxygen atoms in total. The van der Waals surface area contributed by atoms with E-state index in [4.69, 9.17) is 33.2 Å². The Kier molecular flexibility index (Phi) is 11.5. The Morgan fingerprint density at radius 1 is 0.913 bits per heavy atom. The molecule has 2 fully saturated rings. The molecule has 2 aromatic carbocycles. The van der Waals surface area contributed by atoms with Gasteiger partial charge in [0, 0.05) is 6.08 Å². The molecule has 0 aromatic heterocycles. The molecule has 0 aliphatic carbocycles. The summed E-state index contributed by atoms with van der Waals surface area (Å²) in [6.45, 7) is -2.52. The predicted molar refractivity (Wildman–Crippen MR) is 152 cm³/mol. The fraction of sp³-hybridized carbons (Fsp3) is 0.467. The van der Waals surface area contributed by atoms with E-state index in [1.54, 1.807) is 18.2 Å². The van der Waals surface area contributed by atoms with Gasteiger partial charge in [0.15, 0.2) is 23.9 Å². The van der Waals surface area contributed by atoms with Gasteiger partial charge in [0.05, 0.1) is 26.4 Å². The standard InChI is InChI=1S/C30H36O16/c1-40-17-10-15(11-18(41-2)22(17)34)8-9-21(33)44-27-24(36)19(12-31)45-30(27,14-32)46-29-26(38)25(37)23(35)20(43-29)13-42-28(39)16-6-4-3-5-7-16/h3-11,19-20,23-27,29,31-32,34-38H,12-14H2,1-2H3/t19-,20-,23-,24-,25+,26-,27+,29-,30+/m1/s1. The van der Waals surface area contributed by atoms with Crippen LogP contribution in [-0.2, 0) is 28.5 Å². The molecule has 2 aliphatic rings. The van der Waals surface area contributed by atoms with Gasteiger partial charge in [0.25, 0.3) is 0 Å². The summed E-state index contributed by atoms with van der Waals surface area (Å²) < 4.78 is 37.6. The van der Waals surface area contributed by atoms with Crippen LogP contribution in [0.5, 0.6) is 17.2 Å². The van der Waals surface area contributed by atoms with Crippen LogP contribution in [0.15, 0.2) is 48.5 Å². The summed E-state index contributed by atoms with van der Waals surface area (Å²) in [7, 11) is 2.63. The molecular weight excluding hydrogens is 616 g/mol. The second-order valence-corrected chi connectivity index (χ2v) is 10.4. The van der Waals surface area contributed by atoms with Crippen LogP contribution in [0.25, 0.3) is 6.08 Å². The number of hydrogen-bond acceptors (Lipinski definition) is 16.